The minimum absolute atomic E-state index is 0.0618. The number of likely N-dealkylation sites (N-methyl/N-ethyl adjacent to an activating group) is 1. The Kier molecular flexibility index (Phi) is 5.09. The fourth-order valence-electron chi connectivity index (χ4n) is 3.73. The van der Waals surface area contributed by atoms with Gasteiger partial charge >= 0.3 is 0 Å². The van der Waals surface area contributed by atoms with Gasteiger partial charge in [0.1, 0.15) is 12.9 Å². The summed E-state index contributed by atoms with van der Waals surface area (Å²) in [6, 6.07) is 6.23. The number of amides is 1. The molecule has 8 nitrogen and oxygen atoms in total. The van der Waals surface area contributed by atoms with E-state index in [2.05, 4.69) is 31.9 Å². The van der Waals surface area contributed by atoms with E-state index in [-0.39, 0.29) is 18.6 Å². The molecule has 0 N–H and O–H groups in total. The second kappa shape index (κ2) is 7.66. The van der Waals surface area contributed by atoms with Gasteiger partial charge in [-0.1, -0.05) is 0 Å². The Bertz CT molecular complexity index is 822. The molecule has 0 spiro atoms. The summed E-state index contributed by atoms with van der Waals surface area (Å²) >= 11 is 0. The first-order chi connectivity index (χ1) is 13.1. The van der Waals surface area contributed by atoms with Crippen LogP contribution < -0.4 is 9.64 Å². The minimum Gasteiger partial charge on any atom is -0.480 e. The highest BCUT2D eigenvalue weighted by atomic mass is 16.5. The molecule has 3 heterocycles. The van der Waals surface area contributed by atoms with Crippen LogP contribution in [-0.2, 0) is 9.53 Å². The van der Waals surface area contributed by atoms with Crippen LogP contribution in [0.2, 0.25) is 0 Å². The van der Waals surface area contributed by atoms with E-state index in [1.165, 1.54) is 6.33 Å². The van der Waals surface area contributed by atoms with E-state index < -0.39 is 0 Å². The molecule has 2 saturated heterocycles. The standard InChI is InChI=1S/C19H25N5O3/c1-22-10-15(27-12-18(22)25)11-23-5-7-24(8-6-23)14-3-4-17-16(9-14)19(26-2)21-13-20-17/h3-4,9,13,15H,5-8,10-12H2,1-2H3. The second-order valence-electron chi connectivity index (χ2n) is 7.08. The van der Waals surface area contributed by atoms with Crippen LogP contribution in [0.25, 0.3) is 10.9 Å². The van der Waals surface area contributed by atoms with Gasteiger partial charge in [0.15, 0.2) is 0 Å². The Balaban J connectivity index is 1.38. The number of carbonyl (C=O) groups excluding carboxylic acids is 1. The van der Waals surface area contributed by atoms with E-state index in [9.17, 15) is 4.79 Å². The van der Waals surface area contributed by atoms with Crippen LogP contribution in [0.15, 0.2) is 24.5 Å². The summed E-state index contributed by atoms with van der Waals surface area (Å²) < 4.78 is 11.0. The quantitative estimate of drug-likeness (QED) is 0.780. The van der Waals surface area contributed by atoms with E-state index in [4.69, 9.17) is 9.47 Å². The molecule has 1 aromatic heterocycles. The van der Waals surface area contributed by atoms with Crippen molar-refractivity contribution in [3.05, 3.63) is 24.5 Å². The molecule has 2 aromatic rings. The second-order valence-corrected chi connectivity index (χ2v) is 7.08. The number of methoxy groups -OCH3 is 1. The third kappa shape index (κ3) is 3.81. The van der Waals surface area contributed by atoms with E-state index in [0.29, 0.717) is 12.4 Å². The van der Waals surface area contributed by atoms with Crippen LogP contribution >= 0.6 is 0 Å². The number of morpholine rings is 1. The lowest BCUT2D eigenvalue weighted by molar-refractivity contribution is -0.147. The normalized spacial score (nSPS) is 21.7. The highest BCUT2D eigenvalue weighted by Crippen LogP contribution is 2.27. The SMILES string of the molecule is COc1ncnc2ccc(N3CCN(CC4CN(C)C(=O)CO4)CC3)cc12. The number of ether oxygens (including phenoxy) is 2. The van der Waals surface area contributed by atoms with Gasteiger partial charge in [-0.05, 0) is 18.2 Å². The number of nitrogens with zero attached hydrogens (tertiary/aromatic N) is 5. The predicted molar refractivity (Wildman–Crippen MR) is 102 cm³/mol. The van der Waals surface area contributed by atoms with Crippen LogP contribution in [0, 0.1) is 0 Å². The summed E-state index contributed by atoms with van der Waals surface area (Å²) in [5.41, 5.74) is 2.05. The number of aromatic nitrogens is 2. The van der Waals surface area contributed by atoms with Gasteiger partial charge in [-0.2, -0.15) is 0 Å². The van der Waals surface area contributed by atoms with Crippen molar-refractivity contribution in [2.24, 2.45) is 0 Å². The number of carbonyl (C=O) groups is 1. The van der Waals surface area contributed by atoms with Gasteiger partial charge in [0, 0.05) is 52.0 Å². The van der Waals surface area contributed by atoms with Crippen LogP contribution in [0.5, 0.6) is 5.88 Å². The molecule has 1 atom stereocenters. The molecule has 1 amide bonds. The van der Waals surface area contributed by atoms with Crippen LogP contribution in [0.3, 0.4) is 0 Å². The summed E-state index contributed by atoms with van der Waals surface area (Å²) in [4.78, 5) is 26.6. The summed E-state index contributed by atoms with van der Waals surface area (Å²) in [6.45, 7) is 5.57. The summed E-state index contributed by atoms with van der Waals surface area (Å²) in [5.74, 6) is 0.667. The minimum atomic E-state index is 0.0618. The number of hydrogen-bond donors (Lipinski definition) is 0. The molecule has 0 radical (unpaired) electrons. The molecule has 2 fully saturated rings. The number of piperazine rings is 1. The molecule has 0 saturated carbocycles. The van der Waals surface area contributed by atoms with Gasteiger partial charge in [-0.15, -0.1) is 0 Å². The molecular formula is C19H25N5O3. The first-order valence-electron chi connectivity index (χ1n) is 9.25. The zero-order chi connectivity index (χ0) is 18.8. The van der Waals surface area contributed by atoms with Crippen LogP contribution in [-0.4, -0.2) is 91.8 Å². The van der Waals surface area contributed by atoms with Crippen molar-refractivity contribution in [2.75, 3.05) is 64.9 Å². The Morgan fingerprint density at radius 2 is 2.04 bits per heavy atom. The average Bonchev–Trinajstić information content (AvgIpc) is 2.70. The maximum atomic E-state index is 11.5. The van der Waals surface area contributed by atoms with E-state index in [0.717, 1.165) is 49.3 Å². The number of benzene rings is 1. The fourth-order valence-corrected chi connectivity index (χ4v) is 3.73. The third-order valence-corrected chi connectivity index (χ3v) is 5.32. The number of anilines is 1. The van der Waals surface area contributed by atoms with Gasteiger partial charge in [0.05, 0.1) is 24.1 Å². The molecule has 8 heteroatoms. The summed E-state index contributed by atoms with van der Waals surface area (Å²) in [5, 5.41) is 0.934. The molecule has 27 heavy (non-hydrogen) atoms. The third-order valence-electron chi connectivity index (χ3n) is 5.32. The smallest absolute Gasteiger partial charge is 0.248 e. The summed E-state index contributed by atoms with van der Waals surface area (Å²) in [7, 11) is 3.47. The molecule has 1 unspecified atom stereocenters. The van der Waals surface area contributed by atoms with Crippen molar-refractivity contribution in [1.29, 1.82) is 0 Å². The number of rotatable bonds is 4. The Morgan fingerprint density at radius 1 is 1.22 bits per heavy atom. The highest BCUT2D eigenvalue weighted by Gasteiger charge is 2.27. The van der Waals surface area contributed by atoms with Crippen molar-refractivity contribution < 1.29 is 14.3 Å². The first kappa shape index (κ1) is 17.9. The fraction of sp³-hybridized carbons (Fsp3) is 0.526. The topological polar surface area (TPSA) is 71.0 Å². The zero-order valence-electron chi connectivity index (χ0n) is 15.8. The van der Waals surface area contributed by atoms with Crippen molar-refractivity contribution >= 4 is 22.5 Å². The highest BCUT2D eigenvalue weighted by molar-refractivity contribution is 5.86. The zero-order valence-corrected chi connectivity index (χ0v) is 15.8. The lowest BCUT2D eigenvalue weighted by atomic mass is 10.1. The lowest BCUT2D eigenvalue weighted by Gasteiger charge is -2.39. The van der Waals surface area contributed by atoms with Gasteiger partial charge in [0.25, 0.3) is 0 Å². The maximum absolute atomic E-state index is 11.5. The molecule has 0 aliphatic carbocycles. The molecule has 0 bridgehead atoms. The van der Waals surface area contributed by atoms with Gasteiger partial charge in [-0.3, -0.25) is 9.69 Å². The molecule has 2 aliphatic rings. The Labute approximate surface area is 158 Å². The van der Waals surface area contributed by atoms with Crippen molar-refractivity contribution in [3.8, 4) is 5.88 Å². The molecule has 2 aliphatic heterocycles. The van der Waals surface area contributed by atoms with Crippen LogP contribution in [0.1, 0.15) is 0 Å². The predicted octanol–water partition coefficient (Wildman–Crippen LogP) is 0.618. The Morgan fingerprint density at radius 3 is 2.78 bits per heavy atom. The van der Waals surface area contributed by atoms with E-state index in [1.54, 1.807) is 12.0 Å². The average molecular weight is 371 g/mol. The van der Waals surface area contributed by atoms with E-state index in [1.807, 2.05) is 13.1 Å². The van der Waals surface area contributed by atoms with Crippen molar-refractivity contribution in [2.45, 2.75) is 6.10 Å². The molecule has 1 aromatic carbocycles. The largest absolute Gasteiger partial charge is 0.480 e. The van der Waals surface area contributed by atoms with Gasteiger partial charge in [0.2, 0.25) is 11.8 Å². The number of hydrogen-bond acceptors (Lipinski definition) is 7. The van der Waals surface area contributed by atoms with Crippen LogP contribution in [0.4, 0.5) is 5.69 Å². The molecule has 144 valence electrons. The monoisotopic (exact) mass is 371 g/mol. The van der Waals surface area contributed by atoms with Gasteiger partial charge in [-0.25, -0.2) is 9.97 Å². The maximum Gasteiger partial charge on any atom is 0.248 e. The molecule has 4 rings (SSSR count). The van der Waals surface area contributed by atoms with Crippen molar-refractivity contribution in [1.82, 2.24) is 19.8 Å². The van der Waals surface area contributed by atoms with Crippen molar-refractivity contribution in [3.63, 3.8) is 0 Å². The number of fused-ring (bicyclic) bond motifs is 1. The lowest BCUT2D eigenvalue weighted by Crippen LogP contribution is -2.53. The summed E-state index contributed by atoms with van der Waals surface area (Å²) in [6.07, 6.45) is 1.62. The first-order valence-corrected chi connectivity index (χ1v) is 9.25. The Hall–Kier alpha value is -2.45. The molecular weight excluding hydrogens is 346 g/mol. The van der Waals surface area contributed by atoms with E-state index >= 15 is 0 Å². The van der Waals surface area contributed by atoms with Gasteiger partial charge < -0.3 is 19.3 Å².